The van der Waals surface area contributed by atoms with Crippen molar-refractivity contribution >= 4 is 17.4 Å². The first kappa shape index (κ1) is 24.6. The number of aromatic nitrogens is 3. The normalized spacial score (nSPS) is 17.1. The minimum atomic E-state index is 0.528. The SMILES string of the molecule is CC.CCC.Cc1nc(N2CCC3(CCCC3)CC2)cnc1-c1ccnc(Cl)c1C. The summed E-state index contributed by atoms with van der Waals surface area (Å²) >= 11 is 6.16. The Morgan fingerprint density at radius 2 is 1.60 bits per heavy atom. The van der Waals surface area contributed by atoms with E-state index >= 15 is 0 Å². The minimum absolute atomic E-state index is 0.528. The molecule has 2 aromatic rings. The fraction of sp³-hybridized carbons (Fsp3) is 0.640. The van der Waals surface area contributed by atoms with Gasteiger partial charge in [-0.15, -0.1) is 0 Å². The van der Waals surface area contributed by atoms with Gasteiger partial charge in [-0.25, -0.2) is 9.97 Å². The zero-order valence-electron chi connectivity index (χ0n) is 19.8. The number of halogens is 1. The molecular formula is C25H39ClN4. The van der Waals surface area contributed by atoms with Crippen LogP contribution in [-0.2, 0) is 0 Å². The van der Waals surface area contributed by atoms with Crippen molar-refractivity contribution in [3.63, 3.8) is 0 Å². The van der Waals surface area contributed by atoms with E-state index in [0.717, 1.165) is 41.4 Å². The lowest BCUT2D eigenvalue weighted by molar-refractivity contribution is 0.226. The van der Waals surface area contributed by atoms with Crippen LogP contribution in [0.1, 0.15) is 83.9 Å². The Hall–Kier alpha value is -1.68. The van der Waals surface area contributed by atoms with Crippen molar-refractivity contribution in [1.82, 2.24) is 15.0 Å². The molecule has 0 N–H and O–H groups in total. The molecule has 2 aliphatic rings. The summed E-state index contributed by atoms with van der Waals surface area (Å²) in [6.45, 7) is 14.5. The van der Waals surface area contributed by atoms with E-state index in [-0.39, 0.29) is 0 Å². The third-order valence-corrected chi connectivity index (χ3v) is 6.53. The maximum absolute atomic E-state index is 6.16. The summed E-state index contributed by atoms with van der Waals surface area (Å²) in [4.78, 5) is 16.1. The van der Waals surface area contributed by atoms with Gasteiger partial charge in [0.1, 0.15) is 11.0 Å². The molecule has 4 rings (SSSR count). The molecule has 5 heteroatoms. The number of aryl methyl sites for hydroxylation is 1. The van der Waals surface area contributed by atoms with Gasteiger partial charge in [0.15, 0.2) is 0 Å². The number of hydrogen-bond donors (Lipinski definition) is 0. The van der Waals surface area contributed by atoms with Crippen molar-refractivity contribution in [2.45, 2.75) is 86.5 Å². The lowest BCUT2D eigenvalue weighted by atomic mass is 9.77. The van der Waals surface area contributed by atoms with Crippen molar-refractivity contribution in [2.24, 2.45) is 5.41 Å². The molecule has 1 spiro atoms. The molecule has 4 nitrogen and oxygen atoms in total. The fourth-order valence-corrected chi connectivity index (χ4v) is 4.65. The molecule has 166 valence electrons. The molecule has 1 aliphatic carbocycles. The van der Waals surface area contributed by atoms with Crippen LogP contribution in [-0.4, -0.2) is 28.0 Å². The number of rotatable bonds is 2. The zero-order chi connectivity index (χ0) is 22.1. The Labute approximate surface area is 188 Å². The van der Waals surface area contributed by atoms with Gasteiger partial charge in [-0.3, -0.25) is 4.98 Å². The van der Waals surface area contributed by atoms with E-state index in [1.165, 1.54) is 44.9 Å². The van der Waals surface area contributed by atoms with E-state index < -0.39 is 0 Å². The average Bonchev–Trinajstić information content (AvgIpc) is 3.21. The molecule has 30 heavy (non-hydrogen) atoms. The first-order valence-electron chi connectivity index (χ1n) is 11.7. The summed E-state index contributed by atoms with van der Waals surface area (Å²) in [5.41, 5.74) is 4.44. The zero-order valence-corrected chi connectivity index (χ0v) is 20.5. The van der Waals surface area contributed by atoms with E-state index in [0.29, 0.717) is 10.6 Å². The molecule has 2 fully saturated rings. The van der Waals surface area contributed by atoms with Crippen LogP contribution in [0.15, 0.2) is 18.5 Å². The van der Waals surface area contributed by atoms with Gasteiger partial charge in [0, 0.05) is 24.8 Å². The number of pyridine rings is 1. The summed E-state index contributed by atoms with van der Waals surface area (Å²) < 4.78 is 0. The van der Waals surface area contributed by atoms with Gasteiger partial charge in [0.2, 0.25) is 0 Å². The highest BCUT2D eigenvalue weighted by Crippen LogP contribution is 2.46. The molecule has 0 amide bonds. The Bertz CT molecular complexity index is 790. The summed E-state index contributed by atoms with van der Waals surface area (Å²) in [6.07, 6.45) is 13.2. The van der Waals surface area contributed by atoms with Gasteiger partial charge in [-0.2, -0.15) is 0 Å². The predicted molar refractivity (Wildman–Crippen MR) is 129 cm³/mol. The highest BCUT2D eigenvalue weighted by atomic mass is 35.5. The van der Waals surface area contributed by atoms with Crippen LogP contribution in [0.25, 0.3) is 11.3 Å². The van der Waals surface area contributed by atoms with Gasteiger partial charge in [0.25, 0.3) is 0 Å². The third kappa shape index (κ3) is 5.72. The van der Waals surface area contributed by atoms with Crippen LogP contribution in [0.3, 0.4) is 0 Å². The Balaban J connectivity index is 0.000000590. The Morgan fingerprint density at radius 1 is 1.00 bits per heavy atom. The Morgan fingerprint density at radius 3 is 2.17 bits per heavy atom. The summed E-state index contributed by atoms with van der Waals surface area (Å²) in [6, 6.07) is 1.96. The second-order valence-electron chi connectivity index (χ2n) is 8.34. The number of piperidine rings is 1. The predicted octanol–water partition coefficient (Wildman–Crippen LogP) is 7.41. The maximum atomic E-state index is 6.16. The van der Waals surface area contributed by atoms with Crippen molar-refractivity contribution < 1.29 is 0 Å². The van der Waals surface area contributed by atoms with Gasteiger partial charge < -0.3 is 4.90 Å². The highest BCUT2D eigenvalue weighted by Gasteiger charge is 2.37. The van der Waals surface area contributed by atoms with Crippen molar-refractivity contribution in [3.8, 4) is 11.3 Å². The van der Waals surface area contributed by atoms with Gasteiger partial charge in [-0.1, -0.05) is 58.6 Å². The van der Waals surface area contributed by atoms with Gasteiger partial charge >= 0.3 is 0 Å². The molecule has 2 aromatic heterocycles. The quantitative estimate of drug-likeness (QED) is 0.465. The van der Waals surface area contributed by atoms with Crippen LogP contribution in [0.5, 0.6) is 0 Å². The van der Waals surface area contributed by atoms with Gasteiger partial charge in [0.05, 0.1) is 17.6 Å². The molecule has 3 heterocycles. The van der Waals surface area contributed by atoms with Gasteiger partial charge in [-0.05, 0) is 56.6 Å². The van der Waals surface area contributed by atoms with E-state index in [1.54, 1.807) is 6.20 Å². The lowest BCUT2D eigenvalue weighted by Gasteiger charge is -2.39. The van der Waals surface area contributed by atoms with Crippen molar-refractivity contribution in [2.75, 3.05) is 18.0 Å². The Kier molecular flexibility index (Phi) is 9.54. The number of hydrogen-bond acceptors (Lipinski definition) is 4. The summed E-state index contributed by atoms with van der Waals surface area (Å²) in [5.74, 6) is 1.01. The second kappa shape index (κ2) is 11.6. The fourth-order valence-electron chi connectivity index (χ4n) is 4.49. The topological polar surface area (TPSA) is 41.9 Å². The van der Waals surface area contributed by atoms with Crippen LogP contribution in [0.4, 0.5) is 5.82 Å². The van der Waals surface area contributed by atoms with Crippen LogP contribution < -0.4 is 4.90 Å². The van der Waals surface area contributed by atoms with E-state index in [2.05, 4.69) is 23.7 Å². The van der Waals surface area contributed by atoms with Crippen molar-refractivity contribution in [1.29, 1.82) is 0 Å². The molecule has 0 aromatic carbocycles. The average molecular weight is 431 g/mol. The monoisotopic (exact) mass is 430 g/mol. The molecule has 0 unspecified atom stereocenters. The largest absolute Gasteiger partial charge is 0.355 e. The van der Waals surface area contributed by atoms with Crippen LogP contribution in [0, 0.1) is 19.3 Å². The minimum Gasteiger partial charge on any atom is -0.355 e. The molecule has 1 saturated heterocycles. The van der Waals surface area contributed by atoms with E-state index in [4.69, 9.17) is 21.6 Å². The maximum Gasteiger partial charge on any atom is 0.147 e. The molecule has 1 aliphatic heterocycles. The molecule has 0 atom stereocenters. The molecule has 0 bridgehead atoms. The van der Waals surface area contributed by atoms with E-state index in [9.17, 15) is 0 Å². The third-order valence-electron chi connectivity index (χ3n) is 6.14. The molecule has 0 radical (unpaired) electrons. The molecular weight excluding hydrogens is 392 g/mol. The van der Waals surface area contributed by atoms with Crippen LogP contribution in [0.2, 0.25) is 5.15 Å². The first-order chi connectivity index (χ1) is 14.5. The first-order valence-corrected chi connectivity index (χ1v) is 12.1. The lowest BCUT2D eigenvalue weighted by Crippen LogP contribution is -2.39. The second-order valence-corrected chi connectivity index (χ2v) is 8.70. The molecule has 1 saturated carbocycles. The summed E-state index contributed by atoms with van der Waals surface area (Å²) in [5, 5.41) is 0.528. The number of nitrogens with zero attached hydrogens (tertiary/aromatic N) is 4. The standard InChI is InChI=1S/C20H25ClN4.C3H8.C2H6/c1-14-16(5-10-22-19(14)21)18-15(2)24-17(13-23-18)25-11-8-20(9-12-25)6-3-4-7-20;1-3-2;1-2/h5,10,13H,3-4,6-9,11-12H2,1-2H3;3H2,1-2H3;1-2H3. The van der Waals surface area contributed by atoms with Crippen molar-refractivity contribution in [3.05, 3.63) is 34.9 Å². The summed E-state index contributed by atoms with van der Waals surface area (Å²) in [7, 11) is 0. The van der Waals surface area contributed by atoms with Crippen LogP contribution >= 0.6 is 11.6 Å². The number of anilines is 1. The smallest absolute Gasteiger partial charge is 0.147 e. The van der Waals surface area contributed by atoms with E-state index in [1.807, 2.05) is 40.0 Å². The highest BCUT2D eigenvalue weighted by molar-refractivity contribution is 6.30.